The van der Waals surface area contributed by atoms with E-state index >= 15 is 0 Å². The molecule has 1 aliphatic carbocycles. The van der Waals surface area contributed by atoms with Crippen molar-refractivity contribution < 1.29 is 14.3 Å². The molecule has 0 aliphatic heterocycles. The number of methoxy groups -OCH3 is 2. The molecule has 0 radical (unpaired) electrons. The number of hydrogen-bond acceptors (Lipinski definition) is 4. The van der Waals surface area contributed by atoms with Gasteiger partial charge in [-0.3, -0.25) is 4.79 Å². The highest BCUT2D eigenvalue weighted by Crippen LogP contribution is 2.37. The van der Waals surface area contributed by atoms with Gasteiger partial charge in [0.05, 0.1) is 30.5 Å². The molecule has 0 fully saturated rings. The summed E-state index contributed by atoms with van der Waals surface area (Å²) in [6.45, 7) is 0. The van der Waals surface area contributed by atoms with Crippen LogP contribution in [0.15, 0.2) is 17.5 Å². The van der Waals surface area contributed by atoms with Crippen molar-refractivity contribution in [3.8, 4) is 11.5 Å². The number of nitrogens with one attached hydrogen (secondary N) is 1. The summed E-state index contributed by atoms with van der Waals surface area (Å²) >= 11 is 7.86. The molecule has 0 spiro atoms. The van der Waals surface area contributed by atoms with Crippen LogP contribution in [0.5, 0.6) is 11.5 Å². The highest BCUT2D eigenvalue weighted by atomic mass is 35.5. The third-order valence-corrected chi connectivity index (χ3v) is 5.66. The number of aryl methyl sites for hydroxylation is 1. The van der Waals surface area contributed by atoms with Crippen molar-refractivity contribution in [1.82, 2.24) is 0 Å². The predicted molar refractivity (Wildman–Crippen MR) is 98.1 cm³/mol. The van der Waals surface area contributed by atoms with Crippen molar-refractivity contribution in [1.29, 1.82) is 0 Å². The maximum absolute atomic E-state index is 12.8. The van der Waals surface area contributed by atoms with Gasteiger partial charge < -0.3 is 14.8 Å². The average molecular weight is 366 g/mol. The number of anilines is 1. The second-order valence-electron chi connectivity index (χ2n) is 5.75. The zero-order chi connectivity index (χ0) is 17.1. The van der Waals surface area contributed by atoms with Crippen molar-refractivity contribution in [3.63, 3.8) is 0 Å². The fourth-order valence-electron chi connectivity index (χ4n) is 3.01. The first-order valence-corrected chi connectivity index (χ1v) is 9.22. The zero-order valence-corrected chi connectivity index (χ0v) is 15.4. The Morgan fingerprint density at radius 2 is 1.88 bits per heavy atom. The summed E-state index contributed by atoms with van der Waals surface area (Å²) in [5, 5.41) is 5.32. The number of halogens is 1. The summed E-state index contributed by atoms with van der Waals surface area (Å²) in [5.74, 6) is 0.913. The van der Waals surface area contributed by atoms with E-state index in [-0.39, 0.29) is 5.91 Å². The Labute approximate surface area is 150 Å². The van der Waals surface area contributed by atoms with Crippen LogP contribution in [0.2, 0.25) is 5.02 Å². The lowest BCUT2D eigenvalue weighted by Gasteiger charge is -2.13. The van der Waals surface area contributed by atoms with Crippen molar-refractivity contribution in [2.45, 2.75) is 32.1 Å². The van der Waals surface area contributed by atoms with E-state index in [0.717, 1.165) is 24.8 Å². The van der Waals surface area contributed by atoms with E-state index in [1.54, 1.807) is 37.7 Å². The number of fused-ring (bicyclic) bond motifs is 1. The van der Waals surface area contributed by atoms with E-state index in [9.17, 15) is 4.79 Å². The Morgan fingerprint density at radius 1 is 1.12 bits per heavy atom. The second-order valence-corrected chi connectivity index (χ2v) is 7.12. The van der Waals surface area contributed by atoms with Gasteiger partial charge in [0, 0.05) is 16.3 Å². The lowest BCUT2D eigenvalue weighted by Crippen LogP contribution is -2.14. The molecule has 128 valence electrons. The zero-order valence-electron chi connectivity index (χ0n) is 13.8. The minimum Gasteiger partial charge on any atom is -0.495 e. The van der Waals surface area contributed by atoms with Gasteiger partial charge in [-0.1, -0.05) is 18.0 Å². The number of carbonyl (C=O) groups excluding carboxylic acids is 1. The summed E-state index contributed by atoms with van der Waals surface area (Å²) in [5.41, 5.74) is 2.52. The van der Waals surface area contributed by atoms with Gasteiger partial charge in [0.2, 0.25) is 0 Å². The molecule has 0 saturated carbocycles. The first kappa shape index (κ1) is 17.1. The molecule has 0 saturated heterocycles. The molecule has 1 aromatic heterocycles. The van der Waals surface area contributed by atoms with E-state index in [2.05, 4.69) is 5.32 Å². The van der Waals surface area contributed by atoms with Crippen molar-refractivity contribution in [3.05, 3.63) is 38.5 Å². The molecule has 6 heteroatoms. The standard InChI is InChI=1S/C18H20ClNO3S/c1-22-15-9-16(23-2)14(8-13(15)19)20-18(21)12-10-24-17-7-5-3-4-6-11(12)17/h8-10H,3-7H2,1-2H3,(H,20,21). The molecule has 1 heterocycles. The molecule has 1 N–H and O–H groups in total. The SMILES string of the molecule is COc1cc(OC)c(NC(=O)c2csc3c2CCCCC3)cc1Cl. The number of amides is 1. The third kappa shape index (κ3) is 3.37. The van der Waals surface area contributed by atoms with Crippen LogP contribution < -0.4 is 14.8 Å². The molecule has 3 rings (SSSR count). The van der Waals surface area contributed by atoms with Crippen LogP contribution >= 0.6 is 22.9 Å². The van der Waals surface area contributed by atoms with Gasteiger partial charge in [-0.25, -0.2) is 0 Å². The van der Waals surface area contributed by atoms with Crippen molar-refractivity contribution in [2.24, 2.45) is 0 Å². The Kier molecular flexibility index (Phi) is 5.31. The Bertz CT molecular complexity index is 757. The summed E-state index contributed by atoms with van der Waals surface area (Å²) in [4.78, 5) is 14.1. The van der Waals surface area contributed by atoms with Gasteiger partial charge >= 0.3 is 0 Å². The first-order chi connectivity index (χ1) is 11.6. The van der Waals surface area contributed by atoms with E-state index in [0.29, 0.717) is 22.2 Å². The van der Waals surface area contributed by atoms with E-state index in [1.807, 2.05) is 5.38 Å². The predicted octanol–water partition coefficient (Wildman–Crippen LogP) is 4.94. The largest absolute Gasteiger partial charge is 0.495 e. The summed E-state index contributed by atoms with van der Waals surface area (Å²) in [6.07, 6.45) is 5.62. The quantitative estimate of drug-likeness (QED) is 0.780. The highest BCUT2D eigenvalue weighted by Gasteiger charge is 2.20. The minimum absolute atomic E-state index is 0.117. The highest BCUT2D eigenvalue weighted by molar-refractivity contribution is 7.10. The monoisotopic (exact) mass is 365 g/mol. The van der Waals surface area contributed by atoms with Gasteiger partial charge in [0.25, 0.3) is 5.91 Å². The van der Waals surface area contributed by atoms with E-state index in [1.165, 1.54) is 23.3 Å². The maximum Gasteiger partial charge on any atom is 0.256 e. The van der Waals surface area contributed by atoms with Gasteiger partial charge in [0.1, 0.15) is 11.5 Å². The molecule has 2 aromatic rings. The number of benzene rings is 1. The molecule has 4 nitrogen and oxygen atoms in total. The van der Waals surface area contributed by atoms with Crippen molar-refractivity contribution in [2.75, 3.05) is 19.5 Å². The molecule has 1 aliphatic rings. The number of rotatable bonds is 4. The van der Waals surface area contributed by atoms with Gasteiger partial charge in [-0.15, -0.1) is 11.3 Å². The van der Waals surface area contributed by atoms with Crippen LogP contribution in [0.3, 0.4) is 0 Å². The molecule has 0 bridgehead atoms. The smallest absolute Gasteiger partial charge is 0.256 e. The van der Waals surface area contributed by atoms with Crippen LogP contribution in [0.1, 0.15) is 40.1 Å². The maximum atomic E-state index is 12.8. The van der Waals surface area contributed by atoms with Crippen molar-refractivity contribution >= 4 is 34.5 Å². The molecular formula is C18H20ClNO3S. The van der Waals surface area contributed by atoms with Gasteiger partial charge in [-0.05, 0) is 37.3 Å². The molecular weight excluding hydrogens is 346 g/mol. The summed E-state index contributed by atoms with van der Waals surface area (Å²) in [6, 6.07) is 3.33. The summed E-state index contributed by atoms with van der Waals surface area (Å²) in [7, 11) is 3.09. The van der Waals surface area contributed by atoms with Crippen LogP contribution in [0.4, 0.5) is 5.69 Å². The van der Waals surface area contributed by atoms with Crippen LogP contribution in [0, 0.1) is 0 Å². The van der Waals surface area contributed by atoms with E-state index in [4.69, 9.17) is 21.1 Å². The average Bonchev–Trinajstić information content (AvgIpc) is 2.84. The molecule has 0 atom stereocenters. The number of carbonyl (C=O) groups is 1. The second kappa shape index (κ2) is 7.45. The molecule has 24 heavy (non-hydrogen) atoms. The topological polar surface area (TPSA) is 47.6 Å². The van der Waals surface area contributed by atoms with Gasteiger partial charge in [-0.2, -0.15) is 0 Å². The summed E-state index contributed by atoms with van der Waals surface area (Å²) < 4.78 is 10.5. The third-order valence-electron chi connectivity index (χ3n) is 4.28. The Morgan fingerprint density at radius 3 is 2.62 bits per heavy atom. The lowest BCUT2D eigenvalue weighted by molar-refractivity contribution is 0.102. The van der Waals surface area contributed by atoms with E-state index < -0.39 is 0 Å². The fourth-order valence-corrected chi connectivity index (χ4v) is 4.38. The molecule has 1 amide bonds. The lowest BCUT2D eigenvalue weighted by atomic mass is 10.1. The van der Waals surface area contributed by atoms with Crippen LogP contribution in [0.25, 0.3) is 0 Å². The number of thiophene rings is 1. The number of hydrogen-bond donors (Lipinski definition) is 1. The Hall–Kier alpha value is -1.72. The van der Waals surface area contributed by atoms with Gasteiger partial charge in [0.15, 0.2) is 0 Å². The molecule has 0 unspecified atom stereocenters. The molecule has 1 aromatic carbocycles. The van der Waals surface area contributed by atoms with Crippen LogP contribution in [-0.2, 0) is 12.8 Å². The number of ether oxygens (including phenoxy) is 2. The first-order valence-electron chi connectivity index (χ1n) is 7.96. The fraction of sp³-hybridized carbons (Fsp3) is 0.389. The normalized spacial score (nSPS) is 13.8. The van der Waals surface area contributed by atoms with Crippen LogP contribution in [-0.4, -0.2) is 20.1 Å². The minimum atomic E-state index is -0.117. The Balaban J connectivity index is 1.88.